The van der Waals surface area contributed by atoms with Gasteiger partial charge in [-0.25, -0.2) is 5.10 Å². The lowest BCUT2D eigenvalue weighted by Gasteiger charge is -2.38. The molecular weight excluding hydrogens is 408 g/mol. The summed E-state index contributed by atoms with van der Waals surface area (Å²) < 4.78 is 0. The quantitative estimate of drug-likeness (QED) is 0.679. The molecule has 0 atom stereocenters. The maximum Gasteiger partial charge on any atom is 0.266 e. The molecule has 32 heavy (non-hydrogen) atoms. The van der Waals surface area contributed by atoms with E-state index in [2.05, 4.69) is 25.3 Å². The maximum atomic E-state index is 13.0. The van der Waals surface area contributed by atoms with Gasteiger partial charge >= 0.3 is 0 Å². The van der Waals surface area contributed by atoms with Gasteiger partial charge < -0.3 is 15.1 Å². The topological polar surface area (TPSA) is 102 Å². The van der Waals surface area contributed by atoms with Crippen LogP contribution in [-0.4, -0.2) is 77.6 Å². The highest BCUT2D eigenvalue weighted by Gasteiger charge is 2.31. The minimum absolute atomic E-state index is 0.00948. The van der Waals surface area contributed by atoms with E-state index in [4.69, 9.17) is 0 Å². The zero-order valence-corrected chi connectivity index (χ0v) is 18.2. The average Bonchev–Trinajstić information content (AvgIpc) is 2.83. The number of anilines is 1. The van der Waals surface area contributed by atoms with Crippen LogP contribution < -0.4 is 15.8 Å². The van der Waals surface area contributed by atoms with Crippen molar-refractivity contribution in [3.63, 3.8) is 0 Å². The number of aromatic nitrogens is 2. The normalized spacial score (nSPS) is 17.9. The molecule has 0 saturated carbocycles. The minimum Gasteiger partial charge on any atom is -0.370 e. The number of carbonyl (C=O) groups excluding carboxylic acids is 2. The van der Waals surface area contributed by atoms with E-state index in [1.807, 2.05) is 35.2 Å². The second kappa shape index (κ2) is 10.4. The molecule has 0 spiro atoms. The van der Waals surface area contributed by atoms with Crippen molar-refractivity contribution in [2.75, 3.05) is 50.7 Å². The number of benzene rings is 1. The zero-order chi connectivity index (χ0) is 22.3. The van der Waals surface area contributed by atoms with Crippen LogP contribution in [0.5, 0.6) is 0 Å². The summed E-state index contributed by atoms with van der Waals surface area (Å²) in [7, 11) is 0. The Hall–Kier alpha value is -3.20. The van der Waals surface area contributed by atoms with Gasteiger partial charge in [-0.15, -0.1) is 0 Å². The van der Waals surface area contributed by atoms with E-state index in [1.54, 1.807) is 12.3 Å². The van der Waals surface area contributed by atoms with E-state index >= 15 is 0 Å². The number of H-pyrrole nitrogens is 1. The molecule has 2 aromatic rings. The molecule has 2 N–H and O–H groups in total. The van der Waals surface area contributed by atoms with Crippen LogP contribution in [0.1, 0.15) is 18.4 Å². The Morgan fingerprint density at radius 2 is 1.75 bits per heavy atom. The van der Waals surface area contributed by atoms with Crippen molar-refractivity contribution in [1.29, 1.82) is 0 Å². The van der Waals surface area contributed by atoms with Crippen LogP contribution in [-0.2, 0) is 16.1 Å². The van der Waals surface area contributed by atoms with E-state index in [-0.39, 0.29) is 23.3 Å². The van der Waals surface area contributed by atoms with E-state index in [1.165, 1.54) is 0 Å². The van der Waals surface area contributed by atoms with Crippen molar-refractivity contribution in [3.05, 3.63) is 58.5 Å². The molecule has 2 saturated heterocycles. The van der Waals surface area contributed by atoms with Gasteiger partial charge in [0.25, 0.3) is 5.56 Å². The van der Waals surface area contributed by atoms with Gasteiger partial charge in [0, 0.05) is 57.8 Å². The number of piperazine rings is 1. The van der Waals surface area contributed by atoms with E-state index in [9.17, 15) is 14.4 Å². The smallest absolute Gasteiger partial charge is 0.266 e. The number of carbonyl (C=O) groups is 2. The predicted octanol–water partition coefficient (Wildman–Crippen LogP) is 0.447. The molecule has 0 aliphatic carbocycles. The van der Waals surface area contributed by atoms with Crippen LogP contribution in [0.4, 0.5) is 5.69 Å². The van der Waals surface area contributed by atoms with E-state index in [0.29, 0.717) is 39.3 Å². The summed E-state index contributed by atoms with van der Waals surface area (Å²) in [5.41, 5.74) is 1.67. The molecular formula is C23H30N6O3. The fourth-order valence-electron chi connectivity index (χ4n) is 4.36. The number of hydrogen-bond donors (Lipinski definition) is 2. The summed E-state index contributed by atoms with van der Waals surface area (Å²) >= 11 is 0. The summed E-state index contributed by atoms with van der Waals surface area (Å²) in [6.45, 7) is 5.10. The van der Waals surface area contributed by atoms with Crippen molar-refractivity contribution in [2.45, 2.75) is 19.4 Å². The Kier molecular flexibility index (Phi) is 7.16. The third kappa shape index (κ3) is 5.73. The van der Waals surface area contributed by atoms with E-state index < -0.39 is 0 Å². The van der Waals surface area contributed by atoms with Crippen LogP contribution in [0.15, 0.2) is 47.4 Å². The Labute approximate surface area is 187 Å². The average molecular weight is 439 g/mol. The summed E-state index contributed by atoms with van der Waals surface area (Å²) in [6.07, 6.45) is 3.19. The van der Waals surface area contributed by atoms with Gasteiger partial charge in [-0.3, -0.25) is 19.3 Å². The molecule has 1 aromatic carbocycles. The molecule has 3 heterocycles. The molecule has 2 aliphatic rings. The lowest BCUT2D eigenvalue weighted by atomic mass is 9.94. The molecule has 4 rings (SSSR count). The van der Waals surface area contributed by atoms with Gasteiger partial charge in [0.05, 0.1) is 18.4 Å². The number of nitrogens with one attached hydrogen (secondary N) is 2. The highest BCUT2D eigenvalue weighted by molar-refractivity contribution is 5.80. The van der Waals surface area contributed by atoms with Crippen molar-refractivity contribution in [3.8, 4) is 0 Å². The molecule has 2 aliphatic heterocycles. The zero-order valence-electron chi connectivity index (χ0n) is 18.2. The SMILES string of the molecule is O=C(CN1CCN(C(=O)C2CCN(c3cn[nH]c(=O)c3)CC2)CC1)NCc1ccccc1. The Bertz CT molecular complexity index is 963. The first-order valence-corrected chi connectivity index (χ1v) is 11.2. The molecule has 170 valence electrons. The number of piperidine rings is 1. The van der Waals surface area contributed by atoms with E-state index in [0.717, 1.165) is 37.2 Å². The number of aromatic amines is 1. The molecule has 0 unspecified atom stereocenters. The minimum atomic E-state index is -0.215. The van der Waals surface area contributed by atoms with Crippen LogP contribution in [0.3, 0.4) is 0 Å². The van der Waals surface area contributed by atoms with Crippen LogP contribution in [0.2, 0.25) is 0 Å². The molecule has 0 bridgehead atoms. The highest BCUT2D eigenvalue weighted by atomic mass is 16.2. The van der Waals surface area contributed by atoms with Crippen molar-refractivity contribution in [2.24, 2.45) is 5.92 Å². The van der Waals surface area contributed by atoms with Crippen molar-refractivity contribution >= 4 is 17.5 Å². The molecule has 2 amide bonds. The van der Waals surface area contributed by atoms with Gasteiger partial charge in [0.15, 0.2) is 0 Å². The molecule has 9 heteroatoms. The maximum absolute atomic E-state index is 13.0. The number of rotatable bonds is 6. The van der Waals surface area contributed by atoms with Crippen LogP contribution >= 0.6 is 0 Å². The third-order valence-electron chi connectivity index (χ3n) is 6.24. The first kappa shape index (κ1) is 22.0. The van der Waals surface area contributed by atoms with Crippen molar-refractivity contribution in [1.82, 2.24) is 25.3 Å². The molecule has 0 radical (unpaired) electrons. The fraction of sp³-hybridized carbons (Fsp3) is 0.478. The molecule has 2 fully saturated rings. The van der Waals surface area contributed by atoms with Gasteiger partial charge in [-0.05, 0) is 18.4 Å². The number of hydrogen-bond acceptors (Lipinski definition) is 6. The third-order valence-corrected chi connectivity index (χ3v) is 6.24. The second-order valence-corrected chi connectivity index (χ2v) is 8.43. The first-order valence-electron chi connectivity index (χ1n) is 11.2. The number of nitrogens with zero attached hydrogens (tertiary/aromatic N) is 4. The van der Waals surface area contributed by atoms with Crippen LogP contribution in [0.25, 0.3) is 0 Å². The Balaban J connectivity index is 1.18. The highest BCUT2D eigenvalue weighted by Crippen LogP contribution is 2.23. The first-order chi connectivity index (χ1) is 15.6. The Morgan fingerprint density at radius 1 is 1.03 bits per heavy atom. The van der Waals surface area contributed by atoms with Gasteiger partial charge in [-0.2, -0.15) is 5.10 Å². The summed E-state index contributed by atoms with van der Waals surface area (Å²) in [5.74, 6) is 0.235. The van der Waals surface area contributed by atoms with Gasteiger partial charge in [0.2, 0.25) is 11.8 Å². The predicted molar refractivity (Wildman–Crippen MR) is 121 cm³/mol. The standard InChI is InChI=1S/C23H30N6O3/c30-21-14-20(16-25-26-21)28-8-6-19(7-9-28)23(32)29-12-10-27(11-13-29)17-22(31)24-15-18-4-2-1-3-5-18/h1-5,14,16,19H,6-13,15,17H2,(H,24,31)(H,26,30). The lowest BCUT2D eigenvalue weighted by Crippen LogP contribution is -2.53. The van der Waals surface area contributed by atoms with Crippen molar-refractivity contribution < 1.29 is 9.59 Å². The summed E-state index contributed by atoms with van der Waals surface area (Å²) in [6, 6.07) is 11.4. The molecule has 1 aromatic heterocycles. The fourth-order valence-corrected chi connectivity index (χ4v) is 4.36. The van der Waals surface area contributed by atoms with Gasteiger partial charge in [0.1, 0.15) is 0 Å². The van der Waals surface area contributed by atoms with Crippen LogP contribution in [0, 0.1) is 5.92 Å². The number of amides is 2. The molecule has 9 nitrogen and oxygen atoms in total. The Morgan fingerprint density at radius 3 is 2.44 bits per heavy atom. The summed E-state index contributed by atoms with van der Waals surface area (Å²) in [4.78, 5) is 42.9. The lowest BCUT2D eigenvalue weighted by molar-refractivity contribution is -0.138. The van der Waals surface area contributed by atoms with Gasteiger partial charge in [-0.1, -0.05) is 30.3 Å². The largest absolute Gasteiger partial charge is 0.370 e. The monoisotopic (exact) mass is 438 g/mol. The summed E-state index contributed by atoms with van der Waals surface area (Å²) in [5, 5.41) is 9.20. The second-order valence-electron chi connectivity index (χ2n) is 8.43.